The molecule has 0 unspecified atom stereocenters. The minimum atomic E-state index is -3.30. The molecule has 1 aliphatic heterocycles. The molecule has 1 aromatic heterocycles. The zero-order valence-electron chi connectivity index (χ0n) is 16.4. The summed E-state index contributed by atoms with van der Waals surface area (Å²) in [5, 5.41) is 9.61. The summed E-state index contributed by atoms with van der Waals surface area (Å²) in [6.45, 7) is 0.495. The van der Waals surface area contributed by atoms with Gasteiger partial charge < -0.3 is 4.57 Å². The van der Waals surface area contributed by atoms with Crippen LogP contribution < -0.4 is 4.31 Å². The van der Waals surface area contributed by atoms with Crippen LogP contribution >= 0.6 is 11.8 Å². The summed E-state index contributed by atoms with van der Waals surface area (Å²) in [6.07, 6.45) is 7.49. The number of ketones is 1. The number of nitrogens with zero attached hydrogens (tertiary/aromatic N) is 4. The van der Waals surface area contributed by atoms with E-state index in [1.54, 1.807) is 12.1 Å². The van der Waals surface area contributed by atoms with E-state index in [0.29, 0.717) is 35.5 Å². The van der Waals surface area contributed by atoms with Crippen molar-refractivity contribution in [1.29, 1.82) is 0 Å². The number of aryl methyl sites for hydroxylation is 1. The molecule has 0 saturated heterocycles. The molecule has 0 radical (unpaired) electrons. The highest BCUT2D eigenvalue weighted by Crippen LogP contribution is 2.46. The Hall–Kier alpha value is -1.87. The second-order valence-electron chi connectivity index (χ2n) is 8.21. The van der Waals surface area contributed by atoms with Crippen LogP contribution in [0.5, 0.6) is 0 Å². The van der Waals surface area contributed by atoms with Crippen LogP contribution in [0.4, 0.5) is 5.69 Å². The van der Waals surface area contributed by atoms with Gasteiger partial charge in [-0.15, -0.1) is 10.2 Å². The molecule has 0 bridgehead atoms. The fourth-order valence-corrected chi connectivity index (χ4v) is 5.88. The third-order valence-electron chi connectivity index (χ3n) is 5.76. The first-order chi connectivity index (χ1) is 13.9. The number of thioether (sulfide) groups is 1. The molecule has 3 aliphatic rings. The van der Waals surface area contributed by atoms with Gasteiger partial charge in [-0.2, -0.15) is 0 Å². The van der Waals surface area contributed by atoms with Crippen molar-refractivity contribution in [2.45, 2.75) is 55.6 Å². The van der Waals surface area contributed by atoms with Gasteiger partial charge in [-0.25, -0.2) is 8.42 Å². The molecule has 2 aliphatic carbocycles. The molecule has 9 heteroatoms. The summed E-state index contributed by atoms with van der Waals surface area (Å²) >= 11 is 1.46. The third-order valence-corrected chi connectivity index (χ3v) is 7.88. The molecule has 1 aromatic carbocycles. The van der Waals surface area contributed by atoms with Gasteiger partial charge >= 0.3 is 0 Å². The van der Waals surface area contributed by atoms with E-state index in [0.717, 1.165) is 29.4 Å². The van der Waals surface area contributed by atoms with Crippen molar-refractivity contribution in [2.24, 2.45) is 0 Å². The van der Waals surface area contributed by atoms with Gasteiger partial charge in [0, 0.05) is 24.1 Å². The normalized spacial score (nSPS) is 19.3. The van der Waals surface area contributed by atoms with E-state index >= 15 is 0 Å². The lowest BCUT2D eigenvalue weighted by Gasteiger charge is -2.29. The Kier molecular flexibility index (Phi) is 4.70. The molecular weight excluding hydrogens is 408 g/mol. The Labute approximate surface area is 174 Å². The maximum atomic E-state index is 12.8. The first-order valence-electron chi connectivity index (χ1n) is 10.1. The van der Waals surface area contributed by atoms with Gasteiger partial charge in [0.05, 0.1) is 17.7 Å². The maximum absolute atomic E-state index is 12.8. The summed E-state index contributed by atoms with van der Waals surface area (Å²) < 4.78 is 27.7. The Morgan fingerprint density at radius 1 is 1.21 bits per heavy atom. The summed E-state index contributed by atoms with van der Waals surface area (Å²) in [6, 6.07) is 5.87. The number of aromatic nitrogens is 3. The molecule has 2 fully saturated rings. The number of rotatable bonds is 7. The highest BCUT2D eigenvalue weighted by molar-refractivity contribution is 7.99. The van der Waals surface area contributed by atoms with Gasteiger partial charge in [0.1, 0.15) is 5.82 Å². The van der Waals surface area contributed by atoms with Crippen molar-refractivity contribution in [3.8, 4) is 0 Å². The molecule has 2 heterocycles. The molecule has 5 rings (SSSR count). The molecule has 29 heavy (non-hydrogen) atoms. The molecule has 2 aromatic rings. The predicted molar refractivity (Wildman–Crippen MR) is 112 cm³/mol. The second kappa shape index (κ2) is 7.12. The molecule has 7 nitrogen and oxygen atoms in total. The smallest absolute Gasteiger partial charge is 0.232 e. The Balaban J connectivity index is 1.32. The van der Waals surface area contributed by atoms with Crippen molar-refractivity contribution in [3.63, 3.8) is 0 Å². The second-order valence-corrected chi connectivity index (χ2v) is 11.1. The van der Waals surface area contributed by atoms with E-state index in [-0.39, 0.29) is 5.78 Å². The van der Waals surface area contributed by atoms with Gasteiger partial charge in [-0.3, -0.25) is 9.10 Å². The van der Waals surface area contributed by atoms with Crippen LogP contribution in [0.3, 0.4) is 0 Å². The van der Waals surface area contributed by atoms with E-state index in [1.165, 1.54) is 48.0 Å². The summed E-state index contributed by atoms with van der Waals surface area (Å²) in [4.78, 5) is 12.8. The van der Waals surface area contributed by atoms with Crippen molar-refractivity contribution >= 4 is 33.3 Å². The zero-order chi connectivity index (χ0) is 20.2. The number of carbonyl (C=O) groups is 1. The lowest BCUT2D eigenvalue weighted by Crippen LogP contribution is -2.34. The van der Waals surface area contributed by atoms with Crippen LogP contribution in [0.15, 0.2) is 23.4 Å². The number of carbonyl (C=O) groups excluding carboxylic acids is 1. The summed E-state index contributed by atoms with van der Waals surface area (Å²) in [5.41, 5.74) is 2.26. The van der Waals surface area contributed by atoms with Crippen molar-refractivity contribution < 1.29 is 13.2 Å². The quantitative estimate of drug-likeness (QED) is 0.493. The van der Waals surface area contributed by atoms with Crippen molar-refractivity contribution in [1.82, 2.24) is 14.8 Å². The topological polar surface area (TPSA) is 85.2 Å². The average Bonchev–Trinajstić information content (AvgIpc) is 3.63. The number of Topliss-reactive ketones (excluding diaryl/α,β-unsaturated/α-hetero) is 1. The number of fused-ring (bicyclic) bond motifs is 1. The highest BCUT2D eigenvalue weighted by Gasteiger charge is 2.36. The van der Waals surface area contributed by atoms with Gasteiger partial charge in [-0.05, 0) is 62.3 Å². The zero-order valence-corrected chi connectivity index (χ0v) is 18.0. The highest BCUT2D eigenvalue weighted by atomic mass is 32.2. The van der Waals surface area contributed by atoms with Gasteiger partial charge in [0.25, 0.3) is 0 Å². The van der Waals surface area contributed by atoms with E-state index in [2.05, 4.69) is 14.8 Å². The van der Waals surface area contributed by atoms with Crippen molar-refractivity contribution in [2.75, 3.05) is 22.9 Å². The summed E-state index contributed by atoms with van der Waals surface area (Å²) in [7, 11) is -3.30. The van der Waals surface area contributed by atoms with Crippen LogP contribution in [0.25, 0.3) is 0 Å². The monoisotopic (exact) mass is 432 g/mol. The number of hydrogen-bond acceptors (Lipinski definition) is 6. The Morgan fingerprint density at radius 3 is 2.69 bits per heavy atom. The SMILES string of the molecule is CS(=O)(=O)N1CCCc2cc(C(=O)CSc3nnc(C4CC4)n3C3CC3)ccc21. The van der Waals surface area contributed by atoms with Crippen LogP contribution in [0.1, 0.15) is 65.8 Å². The lowest BCUT2D eigenvalue weighted by molar-refractivity contribution is 0.102. The summed E-state index contributed by atoms with van der Waals surface area (Å²) in [5.74, 6) is 1.99. The maximum Gasteiger partial charge on any atom is 0.232 e. The van der Waals surface area contributed by atoms with Gasteiger partial charge in [0.2, 0.25) is 10.0 Å². The fraction of sp³-hybridized carbons (Fsp3) is 0.550. The van der Waals surface area contributed by atoms with Gasteiger partial charge in [0.15, 0.2) is 10.9 Å². The molecule has 0 atom stereocenters. The van der Waals surface area contributed by atoms with Crippen LogP contribution in [0, 0.1) is 0 Å². The minimum Gasteiger partial charge on any atom is -0.303 e. The van der Waals surface area contributed by atoms with E-state index in [9.17, 15) is 13.2 Å². The number of hydrogen-bond donors (Lipinski definition) is 0. The largest absolute Gasteiger partial charge is 0.303 e. The predicted octanol–water partition coefficient (Wildman–Crippen LogP) is 3.18. The van der Waals surface area contributed by atoms with E-state index in [4.69, 9.17) is 0 Å². The van der Waals surface area contributed by atoms with Crippen LogP contribution in [-0.4, -0.2) is 47.5 Å². The van der Waals surface area contributed by atoms with Crippen LogP contribution in [-0.2, 0) is 16.4 Å². The van der Waals surface area contributed by atoms with Crippen molar-refractivity contribution in [3.05, 3.63) is 35.2 Å². The molecular formula is C20H24N4O3S2. The first-order valence-corrected chi connectivity index (χ1v) is 13.0. The first kappa shape index (κ1) is 19.1. The number of anilines is 1. The number of sulfonamides is 1. The molecule has 0 N–H and O–H groups in total. The minimum absolute atomic E-state index is 0.0348. The standard InChI is InChI=1S/C20H24N4O3S2/c1-29(26,27)23-10-2-3-14-11-15(6-9-17(14)23)18(25)12-28-20-22-21-19(13-4-5-13)24(20)16-7-8-16/h6,9,11,13,16H,2-5,7-8,10,12H2,1H3. The molecule has 154 valence electrons. The lowest BCUT2D eigenvalue weighted by atomic mass is 9.99. The Bertz CT molecular complexity index is 1070. The molecule has 0 amide bonds. The Morgan fingerprint density at radius 2 is 2.00 bits per heavy atom. The molecule has 0 spiro atoms. The number of benzene rings is 1. The fourth-order valence-electron chi connectivity index (χ4n) is 3.98. The van der Waals surface area contributed by atoms with Crippen LogP contribution in [0.2, 0.25) is 0 Å². The average molecular weight is 433 g/mol. The van der Waals surface area contributed by atoms with E-state index < -0.39 is 10.0 Å². The molecule has 2 saturated carbocycles. The van der Waals surface area contributed by atoms with Gasteiger partial charge in [-0.1, -0.05) is 11.8 Å². The van der Waals surface area contributed by atoms with E-state index in [1.807, 2.05) is 6.07 Å². The third kappa shape index (κ3) is 3.82.